The van der Waals surface area contributed by atoms with Crippen LogP contribution in [0.15, 0.2) is 42.6 Å². The summed E-state index contributed by atoms with van der Waals surface area (Å²) in [7, 11) is 2.08. The lowest BCUT2D eigenvalue weighted by Crippen LogP contribution is -2.25. The first-order valence-electron chi connectivity index (χ1n) is 8.25. The van der Waals surface area contributed by atoms with Gasteiger partial charge in [-0.3, -0.25) is 4.79 Å². The van der Waals surface area contributed by atoms with Crippen LogP contribution in [-0.2, 0) is 6.42 Å². The zero-order valence-electron chi connectivity index (χ0n) is 13.7. The Bertz CT molecular complexity index is 681. The van der Waals surface area contributed by atoms with Gasteiger partial charge in [-0.25, -0.2) is 4.98 Å². The highest BCUT2D eigenvalue weighted by molar-refractivity contribution is 5.94. The Morgan fingerprint density at radius 3 is 2.87 bits per heavy atom. The minimum atomic E-state index is -0.0558. The van der Waals surface area contributed by atoms with Gasteiger partial charge in [-0.2, -0.15) is 0 Å². The van der Waals surface area contributed by atoms with Gasteiger partial charge in [0.25, 0.3) is 5.91 Å². The van der Waals surface area contributed by atoms with Crippen molar-refractivity contribution in [3.63, 3.8) is 0 Å². The van der Waals surface area contributed by atoms with Gasteiger partial charge in [0.05, 0.1) is 11.6 Å². The lowest BCUT2D eigenvalue weighted by Gasteiger charge is -2.26. The van der Waals surface area contributed by atoms with Gasteiger partial charge in [-0.15, -0.1) is 0 Å². The lowest BCUT2D eigenvalue weighted by molar-refractivity contribution is 0.0953. The molecule has 0 bridgehead atoms. The Hall–Kier alpha value is -2.36. The fraction of sp³-hybridized carbons (Fsp3) is 0.368. The Balaban J connectivity index is 1.74. The fourth-order valence-electron chi connectivity index (χ4n) is 3.17. The van der Waals surface area contributed by atoms with E-state index in [9.17, 15) is 4.79 Å². The third kappa shape index (κ3) is 3.21. The summed E-state index contributed by atoms with van der Waals surface area (Å²) in [5.41, 5.74) is 3.43. The topological polar surface area (TPSA) is 45.2 Å². The summed E-state index contributed by atoms with van der Waals surface area (Å²) in [4.78, 5) is 18.6. The molecule has 4 heteroatoms. The number of aryl methyl sites for hydroxylation is 1. The molecule has 0 saturated carbocycles. The summed E-state index contributed by atoms with van der Waals surface area (Å²) in [5.74, 6) is 0.846. The maximum absolute atomic E-state index is 11.9. The molecule has 0 radical (unpaired) electrons. The highest BCUT2D eigenvalue weighted by Crippen LogP contribution is 2.36. The van der Waals surface area contributed by atoms with E-state index in [0.29, 0.717) is 18.2 Å². The van der Waals surface area contributed by atoms with E-state index in [1.54, 1.807) is 6.20 Å². The molecule has 1 aliphatic carbocycles. The number of fused-ring (bicyclic) bond motifs is 1. The number of nitrogens with zero attached hydrogens (tertiary/aromatic N) is 2. The van der Waals surface area contributed by atoms with E-state index in [1.807, 2.05) is 19.1 Å². The van der Waals surface area contributed by atoms with Crippen LogP contribution in [0.1, 0.15) is 47.3 Å². The summed E-state index contributed by atoms with van der Waals surface area (Å²) in [6, 6.07) is 12.8. The Morgan fingerprint density at radius 1 is 1.30 bits per heavy atom. The standard InChI is InChI=1S/C19H23N3O/c1-3-12-20-19(23)15-9-11-18(21-13-15)22(2)17-10-8-14-6-4-5-7-16(14)17/h4-7,9,11,13,17H,3,8,10,12H2,1-2H3,(H,20,23). The molecule has 0 spiro atoms. The minimum Gasteiger partial charge on any atom is -0.353 e. The molecule has 0 saturated heterocycles. The molecule has 1 amide bonds. The van der Waals surface area contributed by atoms with E-state index < -0.39 is 0 Å². The zero-order valence-corrected chi connectivity index (χ0v) is 13.7. The molecule has 1 atom stereocenters. The van der Waals surface area contributed by atoms with Gasteiger partial charge in [0.15, 0.2) is 0 Å². The van der Waals surface area contributed by atoms with Gasteiger partial charge >= 0.3 is 0 Å². The minimum absolute atomic E-state index is 0.0558. The van der Waals surface area contributed by atoms with E-state index in [4.69, 9.17) is 0 Å². The van der Waals surface area contributed by atoms with Crippen molar-refractivity contribution in [2.24, 2.45) is 0 Å². The number of rotatable bonds is 5. The largest absolute Gasteiger partial charge is 0.353 e. The van der Waals surface area contributed by atoms with Gasteiger partial charge in [0.1, 0.15) is 5.82 Å². The molecule has 1 heterocycles. The highest BCUT2D eigenvalue weighted by atomic mass is 16.1. The molecule has 120 valence electrons. The van der Waals surface area contributed by atoms with Crippen LogP contribution in [0.4, 0.5) is 5.82 Å². The van der Waals surface area contributed by atoms with Crippen molar-refractivity contribution in [3.8, 4) is 0 Å². The molecule has 1 aliphatic rings. The number of nitrogens with one attached hydrogen (secondary N) is 1. The second kappa shape index (κ2) is 6.82. The molecule has 4 nitrogen and oxygen atoms in total. The number of anilines is 1. The third-order valence-electron chi connectivity index (χ3n) is 4.48. The molecule has 2 aromatic rings. The summed E-state index contributed by atoms with van der Waals surface area (Å²) >= 11 is 0. The van der Waals surface area contributed by atoms with Crippen molar-refractivity contribution in [1.29, 1.82) is 0 Å². The normalized spacial score (nSPS) is 16.0. The summed E-state index contributed by atoms with van der Waals surface area (Å²) in [5, 5.41) is 2.87. The monoisotopic (exact) mass is 309 g/mol. The predicted octanol–water partition coefficient (Wildman–Crippen LogP) is 3.35. The van der Waals surface area contributed by atoms with Gasteiger partial charge in [0, 0.05) is 19.8 Å². The van der Waals surface area contributed by atoms with E-state index in [2.05, 4.69) is 46.5 Å². The van der Waals surface area contributed by atoms with Crippen molar-refractivity contribution < 1.29 is 4.79 Å². The van der Waals surface area contributed by atoms with Gasteiger partial charge in [-0.1, -0.05) is 31.2 Å². The molecule has 1 N–H and O–H groups in total. The van der Waals surface area contributed by atoms with Crippen molar-refractivity contribution >= 4 is 11.7 Å². The van der Waals surface area contributed by atoms with Gasteiger partial charge in [-0.05, 0) is 42.5 Å². The van der Waals surface area contributed by atoms with Gasteiger partial charge < -0.3 is 10.2 Å². The molecule has 1 aromatic heterocycles. The molecule has 1 aromatic carbocycles. The average Bonchev–Trinajstić information content (AvgIpc) is 3.03. The summed E-state index contributed by atoms with van der Waals surface area (Å²) in [6.45, 7) is 2.73. The zero-order chi connectivity index (χ0) is 16.2. The predicted molar refractivity (Wildman–Crippen MR) is 92.8 cm³/mol. The number of benzene rings is 1. The molecule has 0 aliphatic heterocycles. The number of hydrogen-bond acceptors (Lipinski definition) is 3. The molecular weight excluding hydrogens is 286 g/mol. The van der Waals surface area contributed by atoms with Crippen molar-refractivity contribution in [2.75, 3.05) is 18.5 Å². The molecular formula is C19H23N3O. The highest BCUT2D eigenvalue weighted by Gasteiger charge is 2.26. The SMILES string of the molecule is CCCNC(=O)c1ccc(N(C)C2CCc3ccccc32)nc1. The quantitative estimate of drug-likeness (QED) is 0.921. The maximum Gasteiger partial charge on any atom is 0.252 e. The summed E-state index contributed by atoms with van der Waals surface area (Å²) < 4.78 is 0. The lowest BCUT2D eigenvalue weighted by atomic mass is 10.1. The van der Waals surface area contributed by atoms with Crippen molar-refractivity contribution in [3.05, 3.63) is 59.3 Å². The van der Waals surface area contributed by atoms with Crippen LogP contribution >= 0.6 is 0 Å². The first kappa shape index (κ1) is 15.5. The van der Waals surface area contributed by atoms with Crippen LogP contribution in [0, 0.1) is 0 Å². The number of hydrogen-bond donors (Lipinski definition) is 1. The van der Waals surface area contributed by atoms with Gasteiger partial charge in [0.2, 0.25) is 0 Å². The molecule has 3 rings (SSSR count). The Labute approximate surface area is 137 Å². The maximum atomic E-state index is 11.9. The van der Waals surface area contributed by atoms with E-state index in [-0.39, 0.29) is 5.91 Å². The first-order valence-corrected chi connectivity index (χ1v) is 8.25. The molecule has 0 fully saturated rings. The molecule has 23 heavy (non-hydrogen) atoms. The second-order valence-corrected chi connectivity index (χ2v) is 6.03. The van der Waals surface area contributed by atoms with Crippen LogP contribution in [0.25, 0.3) is 0 Å². The van der Waals surface area contributed by atoms with Crippen molar-refractivity contribution in [2.45, 2.75) is 32.2 Å². The van der Waals surface area contributed by atoms with Crippen molar-refractivity contribution in [1.82, 2.24) is 10.3 Å². The number of carbonyl (C=O) groups excluding carboxylic acids is 1. The van der Waals surface area contributed by atoms with Crippen LogP contribution < -0.4 is 10.2 Å². The number of carbonyl (C=O) groups is 1. The third-order valence-corrected chi connectivity index (χ3v) is 4.48. The molecule has 1 unspecified atom stereocenters. The van der Waals surface area contributed by atoms with Crippen LogP contribution in [-0.4, -0.2) is 24.5 Å². The number of aromatic nitrogens is 1. The van der Waals surface area contributed by atoms with Crippen LogP contribution in [0.5, 0.6) is 0 Å². The fourth-order valence-corrected chi connectivity index (χ4v) is 3.17. The second-order valence-electron chi connectivity index (χ2n) is 6.03. The average molecular weight is 309 g/mol. The summed E-state index contributed by atoms with van der Waals surface area (Å²) in [6.07, 6.45) is 4.82. The Morgan fingerprint density at radius 2 is 2.13 bits per heavy atom. The first-order chi connectivity index (χ1) is 11.2. The van der Waals surface area contributed by atoms with Crippen LogP contribution in [0.3, 0.4) is 0 Å². The number of amides is 1. The smallest absolute Gasteiger partial charge is 0.252 e. The van der Waals surface area contributed by atoms with E-state index >= 15 is 0 Å². The van der Waals surface area contributed by atoms with E-state index in [0.717, 1.165) is 25.1 Å². The van der Waals surface area contributed by atoms with Crippen LogP contribution in [0.2, 0.25) is 0 Å². The Kier molecular flexibility index (Phi) is 4.60. The number of pyridine rings is 1. The van der Waals surface area contributed by atoms with E-state index in [1.165, 1.54) is 11.1 Å².